The zero-order valence-electron chi connectivity index (χ0n) is 8.79. The first-order valence-electron chi connectivity index (χ1n) is 5.06. The van der Waals surface area contributed by atoms with Crippen molar-refractivity contribution in [1.29, 1.82) is 0 Å². The van der Waals surface area contributed by atoms with Gasteiger partial charge in [0.05, 0.1) is 0 Å². The molecule has 6 heteroatoms. The second-order valence-electron chi connectivity index (χ2n) is 3.94. The van der Waals surface area contributed by atoms with Crippen LogP contribution in [0.5, 0.6) is 0 Å². The molecule has 3 nitrogen and oxygen atoms in total. The first kappa shape index (κ1) is 11.8. The SMILES string of the molecule is O=C(O)N1CCC2=C1C=C/C(=C/C(F)(F)F)C2. The smallest absolute Gasteiger partial charge is 0.411 e. The minimum atomic E-state index is -4.33. The summed E-state index contributed by atoms with van der Waals surface area (Å²) in [6.45, 7) is 0.323. The van der Waals surface area contributed by atoms with Crippen molar-refractivity contribution in [2.75, 3.05) is 6.54 Å². The lowest BCUT2D eigenvalue weighted by Crippen LogP contribution is -2.25. The molecule has 0 aromatic heterocycles. The predicted molar refractivity (Wildman–Crippen MR) is 54.3 cm³/mol. The van der Waals surface area contributed by atoms with Gasteiger partial charge in [-0.2, -0.15) is 13.2 Å². The Bertz CT molecular complexity index is 446. The Balaban J connectivity index is 2.20. The van der Waals surface area contributed by atoms with Crippen LogP contribution in [0.4, 0.5) is 18.0 Å². The van der Waals surface area contributed by atoms with E-state index in [0.29, 0.717) is 18.7 Å². The van der Waals surface area contributed by atoms with Gasteiger partial charge in [-0.1, -0.05) is 6.08 Å². The topological polar surface area (TPSA) is 40.5 Å². The van der Waals surface area contributed by atoms with Crippen LogP contribution in [0.25, 0.3) is 0 Å². The van der Waals surface area contributed by atoms with E-state index in [2.05, 4.69) is 0 Å². The highest BCUT2D eigenvalue weighted by molar-refractivity contribution is 5.70. The van der Waals surface area contributed by atoms with Crippen molar-refractivity contribution in [3.63, 3.8) is 0 Å². The first-order valence-corrected chi connectivity index (χ1v) is 5.06. The maximum absolute atomic E-state index is 12.2. The highest BCUT2D eigenvalue weighted by atomic mass is 19.4. The van der Waals surface area contributed by atoms with E-state index < -0.39 is 12.3 Å². The van der Waals surface area contributed by atoms with Crippen molar-refractivity contribution < 1.29 is 23.1 Å². The molecule has 1 heterocycles. The number of nitrogens with zero attached hydrogens (tertiary/aromatic N) is 1. The molecule has 0 spiro atoms. The van der Waals surface area contributed by atoms with Gasteiger partial charge in [0.25, 0.3) is 0 Å². The van der Waals surface area contributed by atoms with E-state index in [1.807, 2.05) is 0 Å². The van der Waals surface area contributed by atoms with Crippen LogP contribution >= 0.6 is 0 Å². The molecule has 1 amide bonds. The van der Waals surface area contributed by atoms with Gasteiger partial charge in [-0.05, 0) is 30.1 Å². The lowest BCUT2D eigenvalue weighted by molar-refractivity contribution is -0.0804. The average molecular weight is 245 g/mol. The molecule has 0 unspecified atom stereocenters. The Labute approximate surface area is 95.5 Å². The molecule has 0 bridgehead atoms. The monoisotopic (exact) mass is 245 g/mol. The maximum atomic E-state index is 12.2. The van der Waals surface area contributed by atoms with Gasteiger partial charge in [0, 0.05) is 18.3 Å². The molecule has 17 heavy (non-hydrogen) atoms. The number of rotatable bonds is 0. The van der Waals surface area contributed by atoms with Crippen molar-refractivity contribution in [2.45, 2.75) is 19.0 Å². The van der Waals surface area contributed by atoms with Gasteiger partial charge in [0.2, 0.25) is 0 Å². The highest BCUT2D eigenvalue weighted by Crippen LogP contribution is 2.34. The Kier molecular flexibility index (Phi) is 2.73. The maximum Gasteiger partial charge on any atom is 0.411 e. The molecule has 1 N–H and O–H groups in total. The van der Waals surface area contributed by atoms with Crippen molar-refractivity contribution >= 4 is 6.09 Å². The molecule has 92 valence electrons. The number of hydrogen-bond acceptors (Lipinski definition) is 1. The van der Waals surface area contributed by atoms with Crippen LogP contribution in [-0.2, 0) is 0 Å². The van der Waals surface area contributed by atoms with Crippen molar-refractivity contribution in [1.82, 2.24) is 4.90 Å². The summed E-state index contributed by atoms with van der Waals surface area (Å²) in [7, 11) is 0. The molecule has 0 aromatic rings. The van der Waals surface area contributed by atoms with Crippen LogP contribution < -0.4 is 0 Å². The van der Waals surface area contributed by atoms with Crippen LogP contribution in [0, 0.1) is 0 Å². The summed E-state index contributed by atoms with van der Waals surface area (Å²) in [6, 6.07) is 0. The number of amides is 1. The molecule has 0 saturated heterocycles. The average Bonchev–Trinajstić information content (AvgIpc) is 2.57. The van der Waals surface area contributed by atoms with Crippen LogP contribution in [-0.4, -0.2) is 28.8 Å². The van der Waals surface area contributed by atoms with Gasteiger partial charge in [0.1, 0.15) is 0 Å². The number of carboxylic acid groups (broad SMARTS) is 1. The molecule has 0 atom stereocenters. The van der Waals surface area contributed by atoms with Gasteiger partial charge in [-0.25, -0.2) is 4.79 Å². The fourth-order valence-electron chi connectivity index (χ4n) is 2.07. The van der Waals surface area contributed by atoms with E-state index in [9.17, 15) is 18.0 Å². The van der Waals surface area contributed by atoms with Crippen LogP contribution in [0.15, 0.2) is 35.1 Å². The van der Waals surface area contributed by atoms with Gasteiger partial charge >= 0.3 is 12.3 Å². The minimum absolute atomic E-state index is 0.170. The van der Waals surface area contributed by atoms with Gasteiger partial charge in [-0.15, -0.1) is 0 Å². The number of allylic oxidation sites excluding steroid dienone is 4. The number of alkyl halides is 3. The molecule has 0 fully saturated rings. The zero-order valence-corrected chi connectivity index (χ0v) is 8.79. The van der Waals surface area contributed by atoms with E-state index in [1.165, 1.54) is 12.2 Å². The third-order valence-electron chi connectivity index (χ3n) is 2.74. The third kappa shape index (κ3) is 2.51. The van der Waals surface area contributed by atoms with Crippen molar-refractivity contribution in [3.8, 4) is 0 Å². The molecular formula is C11H10F3NO2. The van der Waals surface area contributed by atoms with E-state index in [0.717, 1.165) is 10.5 Å². The van der Waals surface area contributed by atoms with Crippen molar-refractivity contribution in [3.05, 3.63) is 35.1 Å². The van der Waals surface area contributed by atoms with E-state index in [1.54, 1.807) is 0 Å². The molecule has 2 aliphatic rings. The normalized spacial score (nSPS) is 22.3. The van der Waals surface area contributed by atoms with Gasteiger partial charge < -0.3 is 5.11 Å². The molecule has 2 rings (SSSR count). The lowest BCUT2D eigenvalue weighted by Gasteiger charge is -2.17. The quantitative estimate of drug-likeness (QED) is 0.712. The second-order valence-corrected chi connectivity index (χ2v) is 3.94. The Morgan fingerprint density at radius 1 is 1.41 bits per heavy atom. The Morgan fingerprint density at radius 2 is 2.12 bits per heavy atom. The van der Waals surface area contributed by atoms with E-state index >= 15 is 0 Å². The molecule has 0 aromatic carbocycles. The second kappa shape index (κ2) is 3.94. The number of carbonyl (C=O) groups is 1. The Hall–Kier alpha value is -1.72. The predicted octanol–water partition coefficient (Wildman–Crippen LogP) is 3.07. The van der Waals surface area contributed by atoms with Gasteiger partial charge in [0.15, 0.2) is 0 Å². The summed E-state index contributed by atoms with van der Waals surface area (Å²) >= 11 is 0. The summed E-state index contributed by atoms with van der Waals surface area (Å²) < 4.78 is 36.5. The fraction of sp³-hybridized carbons (Fsp3) is 0.364. The van der Waals surface area contributed by atoms with Crippen molar-refractivity contribution in [2.24, 2.45) is 0 Å². The molecule has 0 radical (unpaired) electrons. The van der Waals surface area contributed by atoms with Gasteiger partial charge in [-0.3, -0.25) is 4.90 Å². The minimum Gasteiger partial charge on any atom is -0.465 e. The lowest BCUT2D eigenvalue weighted by atomic mass is 9.97. The van der Waals surface area contributed by atoms with Crippen LogP contribution in [0.1, 0.15) is 12.8 Å². The summed E-state index contributed by atoms with van der Waals surface area (Å²) in [5.41, 5.74) is 1.45. The zero-order chi connectivity index (χ0) is 12.6. The summed E-state index contributed by atoms with van der Waals surface area (Å²) in [6.07, 6.45) is -1.69. The summed E-state index contributed by atoms with van der Waals surface area (Å²) in [5.74, 6) is 0. The number of hydrogen-bond donors (Lipinski definition) is 1. The number of halogens is 3. The largest absolute Gasteiger partial charge is 0.465 e. The van der Waals surface area contributed by atoms with E-state index in [4.69, 9.17) is 5.11 Å². The molecule has 1 aliphatic heterocycles. The summed E-state index contributed by atoms with van der Waals surface area (Å²) in [5, 5.41) is 8.87. The molecule has 0 saturated carbocycles. The fourth-order valence-corrected chi connectivity index (χ4v) is 2.07. The third-order valence-corrected chi connectivity index (χ3v) is 2.74. The van der Waals surface area contributed by atoms with Crippen LogP contribution in [0.2, 0.25) is 0 Å². The summed E-state index contributed by atoms with van der Waals surface area (Å²) in [4.78, 5) is 12.0. The standard InChI is InChI=1S/C11H10F3NO2/c12-11(13,14)6-7-1-2-9-8(5-7)3-4-15(9)10(16)17/h1-2,6H,3-5H2,(H,16,17)/b7-6-. The van der Waals surface area contributed by atoms with E-state index in [-0.39, 0.29) is 18.1 Å². The molecular weight excluding hydrogens is 235 g/mol. The first-order chi connectivity index (χ1) is 7.87. The van der Waals surface area contributed by atoms with Crippen LogP contribution in [0.3, 0.4) is 0 Å². The highest BCUT2D eigenvalue weighted by Gasteiger charge is 2.30. The Morgan fingerprint density at radius 3 is 2.71 bits per heavy atom. The molecule has 1 aliphatic carbocycles.